The second kappa shape index (κ2) is 7.43. The highest BCUT2D eigenvalue weighted by Crippen LogP contribution is 2.19. The molecule has 1 aromatic carbocycles. The molecule has 0 aliphatic carbocycles. The van der Waals surface area contributed by atoms with Crippen molar-refractivity contribution in [1.29, 1.82) is 0 Å². The molecule has 2 atom stereocenters. The molecular weight excluding hydrogens is 292 g/mol. The molecule has 5 nitrogen and oxygen atoms in total. The molecule has 5 heteroatoms. The lowest BCUT2D eigenvalue weighted by Gasteiger charge is -2.29. The first-order valence-electron chi connectivity index (χ1n) is 8.54. The molecule has 0 bridgehead atoms. The molecule has 1 saturated heterocycles. The maximum atomic E-state index is 12.5. The van der Waals surface area contributed by atoms with Crippen LogP contribution in [0.25, 0.3) is 0 Å². The highest BCUT2D eigenvalue weighted by Gasteiger charge is 2.32. The minimum absolute atomic E-state index is 0.114. The van der Waals surface area contributed by atoms with Crippen LogP contribution < -0.4 is 0 Å². The second-order valence-electron chi connectivity index (χ2n) is 6.40. The quantitative estimate of drug-likeness (QED) is 0.881. The first kappa shape index (κ1) is 16.4. The molecule has 2 aliphatic heterocycles. The summed E-state index contributed by atoms with van der Waals surface area (Å²) >= 11 is 0. The Morgan fingerprint density at radius 2 is 2.09 bits per heavy atom. The van der Waals surface area contributed by atoms with Gasteiger partial charge in [-0.2, -0.15) is 0 Å². The summed E-state index contributed by atoms with van der Waals surface area (Å²) in [5, 5.41) is 9.95. The van der Waals surface area contributed by atoms with E-state index >= 15 is 0 Å². The number of benzene rings is 1. The number of β-amino-alcohol motifs (C(OH)–C–C–N with tert-alkyl or cyclic N) is 1. The predicted octanol–water partition coefficient (Wildman–Crippen LogP) is 1.04. The zero-order chi connectivity index (χ0) is 16.2. The zero-order valence-electron chi connectivity index (χ0n) is 13.8. The number of hydrogen-bond acceptors (Lipinski definition) is 4. The monoisotopic (exact) mass is 318 g/mol. The smallest absolute Gasteiger partial charge is 0.224 e. The van der Waals surface area contributed by atoms with Crippen molar-refractivity contribution in [1.82, 2.24) is 9.80 Å². The van der Waals surface area contributed by atoms with E-state index in [9.17, 15) is 9.90 Å². The first-order chi connectivity index (χ1) is 11.2. The maximum absolute atomic E-state index is 12.5. The Hall–Kier alpha value is -1.43. The Balaban J connectivity index is 1.47. The van der Waals surface area contributed by atoms with Crippen molar-refractivity contribution in [3.63, 3.8) is 0 Å². The number of carbonyl (C=O) groups is 1. The van der Waals surface area contributed by atoms with E-state index in [0.717, 1.165) is 19.5 Å². The number of ether oxygens (including phenoxy) is 1. The molecule has 0 spiro atoms. The summed E-state index contributed by atoms with van der Waals surface area (Å²) in [4.78, 5) is 16.5. The molecule has 3 rings (SSSR count). The van der Waals surface area contributed by atoms with Crippen LogP contribution in [0.15, 0.2) is 24.3 Å². The van der Waals surface area contributed by atoms with Crippen molar-refractivity contribution in [3.8, 4) is 0 Å². The number of amides is 1. The van der Waals surface area contributed by atoms with Gasteiger partial charge in [0.1, 0.15) is 0 Å². The van der Waals surface area contributed by atoms with Gasteiger partial charge in [-0.1, -0.05) is 24.3 Å². The molecule has 1 N–H and O–H groups in total. The summed E-state index contributed by atoms with van der Waals surface area (Å²) in [6.45, 7) is 6.08. The lowest BCUT2D eigenvalue weighted by atomic mass is 10.00. The standard InChI is InChI=1S/C18H26N2O3/c1-2-23-17-13-19(12-16(17)21)9-8-18(22)20-10-7-14-5-3-4-6-15(14)11-20/h3-6,16-17,21H,2,7-13H2,1H3/t16-,17-/m1/s1. The number of likely N-dealkylation sites (tertiary alicyclic amines) is 1. The number of carbonyl (C=O) groups excluding carboxylic acids is 1. The third kappa shape index (κ3) is 3.91. The van der Waals surface area contributed by atoms with Gasteiger partial charge in [-0.25, -0.2) is 0 Å². The summed E-state index contributed by atoms with van der Waals surface area (Å²) in [5.41, 5.74) is 2.62. The SMILES string of the molecule is CCO[C@@H]1CN(CCC(=O)N2CCc3ccccc3C2)C[C@H]1O. The number of fused-ring (bicyclic) bond motifs is 1. The summed E-state index contributed by atoms with van der Waals surface area (Å²) in [6.07, 6.45) is 0.897. The van der Waals surface area contributed by atoms with Gasteiger partial charge in [0, 0.05) is 45.8 Å². The van der Waals surface area contributed by atoms with Crippen LogP contribution in [0.1, 0.15) is 24.5 Å². The normalized spacial score (nSPS) is 24.7. The number of nitrogens with zero attached hydrogens (tertiary/aromatic N) is 2. The third-order valence-electron chi connectivity index (χ3n) is 4.82. The van der Waals surface area contributed by atoms with Gasteiger partial charge in [-0.15, -0.1) is 0 Å². The van der Waals surface area contributed by atoms with Gasteiger partial charge in [0.25, 0.3) is 0 Å². The average Bonchev–Trinajstić information content (AvgIpc) is 2.92. The maximum Gasteiger partial charge on any atom is 0.224 e. The minimum atomic E-state index is -0.438. The van der Waals surface area contributed by atoms with Crippen LogP contribution in [0, 0.1) is 0 Å². The van der Waals surface area contributed by atoms with Gasteiger partial charge in [0.05, 0.1) is 12.2 Å². The number of aliphatic hydroxyl groups excluding tert-OH is 1. The summed E-state index contributed by atoms with van der Waals surface area (Å²) < 4.78 is 5.52. The van der Waals surface area contributed by atoms with E-state index in [0.29, 0.717) is 32.7 Å². The van der Waals surface area contributed by atoms with Crippen LogP contribution in [-0.4, -0.2) is 65.8 Å². The number of rotatable bonds is 5. The summed E-state index contributed by atoms with van der Waals surface area (Å²) in [6, 6.07) is 8.35. The molecule has 0 radical (unpaired) electrons. The van der Waals surface area contributed by atoms with Gasteiger partial charge in [0.2, 0.25) is 5.91 Å². The van der Waals surface area contributed by atoms with Crippen molar-refractivity contribution in [3.05, 3.63) is 35.4 Å². The molecule has 1 aromatic rings. The highest BCUT2D eigenvalue weighted by molar-refractivity contribution is 5.76. The Morgan fingerprint density at radius 3 is 2.87 bits per heavy atom. The fourth-order valence-corrected chi connectivity index (χ4v) is 3.51. The van der Waals surface area contributed by atoms with Crippen molar-refractivity contribution in [2.75, 3.05) is 32.8 Å². The third-order valence-corrected chi connectivity index (χ3v) is 4.82. The van der Waals surface area contributed by atoms with Crippen LogP contribution in [0.3, 0.4) is 0 Å². The van der Waals surface area contributed by atoms with E-state index < -0.39 is 6.10 Å². The Bertz CT molecular complexity index is 549. The van der Waals surface area contributed by atoms with Gasteiger partial charge >= 0.3 is 0 Å². The molecule has 2 aliphatic rings. The fraction of sp³-hybridized carbons (Fsp3) is 0.611. The van der Waals surface area contributed by atoms with E-state index in [1.165, 1.54) is 11.1 Å². The van der Waals surface area contributed by atoms with Crippen LogP contribution in [0.2, 0.25) is 0 Å². The molecular formula is C18H26N2O3. The van der Waals surface area contributed by atoms with Gasteiger partial charge in [0.15, 0.2) is 0 Å². The van der Waals surface area contributed by atoms with Gasteiger partial charge in [-0.05, 0) is 24.5 Å². The van der Waals surface area contributed by atoms with E-state index in [2.05, 4.69) is 23.1 Å². The Kier molecular flexibility index (Phi) is 5.30. The molecule has 0 aromatic heterocycles. The van der Waals surface area contributed by atoms with Crippen molar-refractivity contribution in [2.24, 2.45) is 0 Å². The predicted molar refractivity (Wildman–Crippen MR) is 88.0 cm³/mol. The van der Waals surface area contributed by atoms with E-state index in [1.54, 1.807) is 0 Å². The highest BCUT2D eigenvalue weighted by atomic mass is 16.5. The molecule has 23 heavy (non-hydrogen) atoms. The lowest BCUT2D eigenvalue weighted by molar-refractivity contribution is -0.132. The van der Waals surface area contributed by atoms with E-state index in [4.69, 9.17) is 4.74 Å². The fourth-order valence-electron chi connectivity index (χ4n) is 3.51. The molecule has 1 fully saturated rings. The molecule has 2 heterocycles. The van der Waals surface area contributed by atoms with Crippen LogP contribution in [0.4, 0.5) is 0 Å². The van der Waals surface area contributed by atoms with Gasteiger partial charge < -0.3 is 14.7 Å². The van der Waals surface area contributed by atoms with Crippen molar-refractivity contribution in [2.45, 2.75) is 38.5 Å². The van der Waals surface area contributed by atoms with Gasteiger partial charge in [-0.3, -0.25) is 9.69 Å². The van der Waals surface area contributed by atoms with Crippen LogP contribution in [-0.2, 0) is 22.5 Å². The Morgan fingerprint density at radius 1 is 1.30 bits per heavy atom. The molecule has 0 saturated carbocycles. The molecule has 126 valence electrons. The Labute approximate surface area is 137 Å². The van der Waals surface area contributed by atoms with E-state index in [-0.39, 0.29) is 12.0 Å². The summed E-state index contributed by atoms with van der Waals surface area (Å²) in [5.74, 6) is 0.203. The minimum Gasteiger partial charge on any atom is -0.389 e. The zero-order valence-corrected chi connectivity index (χ0v) is 13.8. The lowest BCUT2D eigenvalue weighted by Crippen LogP contribution is -2.38. The van der Waals surface area contributed by atoms with Crippen LogP contribution in [0.5, 0.6) is 0 Å². The number of hydrogen-bond donors (Lipinski definition) is 1. The topological polar surface area (TPSA) is 53.0 Å². The van der Waals surface area contributed by atoms with Crippen molar-refractivity contribution < 1.29 is 14.6 Å². The molecule has 1 amide bonds. The first-order valence-corrected chi connectivity index (χ1v) is 8.54. The average molecular weight is 318 g/mol. The number of aliphatic hydroxyl groups is 1. The van der Waals surface area contributed by atoms with E-state index in [1.807, 2.05) is 17.9 Å². The van der Waals surface area contributed by atoms with Crippen molar-refractivity contribution >= 4 is 5.91 Å². The van der Waals surface area contributed by atoms with Crippen LogP contribution >= 0.6 is 0 Å². The summed E-state index contributed by atoms with van der Waals surface area (Å²) in [7, 11) is 0. The second-order valence-corrected chi connectivity index (χ2v) is 6.40. The largest absolute Gasteiger partial charge is 0.389 e. The molecule has 0 unspecified atom stereocenters.